The maximum absolute atomic E-state index is 11.3. The van der Waals surface area contributed by atoms with Gasteiger partial charge in [0.1, 0.15) is 0 Å². The van der Waals surface area contributed by atoms with Crippen LogP contribution in [0.15, 0.2) is 35.3 Å². The van der Waals surface area contributed by atoms with Crippen molar-refractivity contribution < 1.29 is 9.90 Å². The molecule has 0 radical (unpaired) electrons. The molecule has 128 valence electrons. The summed E-state index contributed by atoms with van der Waals surface area (Å²) < 4.78 is 0. The van der Waals surface area contributed by atoms with Crippen molar-refractivity contribution in [1.29, 1.82) is 0 Å². The minimum Gasteiger partial charge on any atom is -0.480 e. The van der Waals surface area contributed by atoms with Gasteiger partial charge in [0.25, 0.3) is 0 Å². The van der Waals surface area contributed by atoms with Crippen molar-refractivity contribution >= 4 is 12.2 Å². The highest BCUT2D eigenvalue weighted by molar-refractivity contribution is 5.76. The molecule has 0 unspecified atom stereocenters. The van der Waals surface area contributed by atoms with E-state index >= 15 is 0 Å². The number of nitrogens with zero attached hydrogens (tertiary/aromatic N) is 1. The van der Waals surface area contributed by atoms with E-state index < -0.39 is 12.0 Å². The molecule has 0 saturated carbocycles. The van der Waals surface area contributed by atoms with Crippen molar-refractivity contribution in [2.24, 2.45) is 4.99 Å². The number of aliphatic carboxylic acids is 1. The number of carbonyl (C=O) groups is 1. The van der Waals surface area contributed by atoms with Gasteiger partial charge in [0, 0.05) is 6.42 Å². The van der Waals surface area contributed by atoms with Crippen LogP contribution in [0.3, 0.4) is 0 Å². The lowest BCUT2D eigenvalue weighted by atomic mass is 10.1. The maximum atomic E-state index is 11.3. The summed E-state index contributed by atoms with van der Waals surface area (Å²) in [5.41, 5.74) is 1.02. The number of aliphatic imine (C=N–C) groups is 1. The number of unbranched alkanes of at least 4 members (excludes halogenated alkanes) is 8. The zero-order chi connectivity index (χ0) is 16.8. The molecule has 3 nitrogen and oxygen atoms in total. The zero-order valence-electron chi connectivity index (χ0n) is 14.4. The molecule has 0 spiro atoms. The minimum atomic E-state index is -0.846. The molecule has 1 aromatic carbocycles. The third-order valence-corrected chi connectivity index (χ3v) is 4.03. The summed E-state index contributed by atoms with van der Waals surface area (Å²) >= 11 is 0. The molecule has 0 aliphatic heterocycles. The first kappa shape index (κ1) is 19.4. The topological polar surface area (TPSA) is 49.7 Å². The third-order valence-electron chi connectivity index (χ3n) is 4.03. The van der Waals surface area contributed by atoms with Gasteiger partial charge in [0.15, 0.2) is 6.04 Å². The van der Waals surface area contributed by atoms with Crippen LogP contribution in [-0.2, 0) is 11.2 Å². The van der Waals surface area contributed by atoms with Crippen LogP contribution in [0.2, 0.25) is 0 Å². The number of carboxylic acids is 1. The van der Waals surface area contributed by atoms with Gasteiger partial charge < -0.3 is 5.11 Å². The summed E-state index contributed by atoms with van der Waals surface area (Å²) in [6, 6.07) is 9.03. The van der Waals surface area contributed by atoms with Crippen molar-refractivity contribution in [2.45, 2.75) is 77.2 Å². The summed E-state index contributed by atoms with van der Waals surface area (Å²) in [5.74, 6) is -0.846. The number of hydrogen-bond acceptors (Lipinski definition) is 2. The summed E-state index contributed by atoms with van der Waals surface area (Å²) in [4.78, 5) is 15.5. The normalized spacial score (nSPS) is 12.6. The van der Waals surface area contributed by atoms with Gasteiger partial charge in [0.2, 0.25) is 0 Å². The molecule has 23 heavy (non-hydrogen) atoms. The highest BCUT2D eigenvalue weighted by atomic mass is 16.4. The van der Waals surface area contributed by atoms with Crippen molar-refractivity contribution in [3.05, 3.63) is 35.9 Å². The molecule has 0 amide bonds. The van der Waals surface area contributed by atoms with E-state index in [1.807, 2.05) is 30.3 Å². The number of hydrogen-bond donors (Lipinski definition) is 1. The Morgan fingerprint density at radius 1 is 1.04 bits per heavy atom. The Morgan fingerprint density at radius 2 is 1.65 bits per heavy atom. The number of carboxylic acid groups (broad SMARTS) is 1. The molecule has 1 aromatic rings. The standard InChI is InChI=1S/C20H31NO2/c1-2-3-4-5-6-7-8-9-13-16-21-19(20(22)23)17-18-14-11-10-12-15-18/h10-12,14-16,19H,2-9,13,17H2,1H3,(H,22,23)/t19-/m0/s1. The van der Waals surface area contributed by atoms with Gasteiger partial charge in [-0.3, -0.25) is 4.99 Å². The smallest absolute Gasteiger partial charge is 0.328 e. The number of benzene rings is 1. The van der Waals surface area contributed by atoms with Crippen LogP contribution in [0.4, 0.5) is 0 Å². The first-order valence-corrected chi connectivity index (χ1v) is 9.02. The second-order valence-corrected chi connectivity index (χ2v) is 6.14. The van der Waals surface area contributed by atoms with Crippen LogP contribution in [0.1, 0.15) is 70.3 Å². The van der Waals surface area contributed by atoms with E-state index in [2.05, 4.69) is 11.9 Å². The van der Waals surface area contributed by atoms with Crippen LogP contribution in [0, 0.1) is 0 Å². The lowest BCUT2D eigenvalue weighted by Gasteiger charge is -2.07. The fraction of sp³-hybridized carbons (Fsp3) is 0.600. The van der Waals surface area contributed by atoms with Gasteiger partial charge >= 0.3 is 5.97 Å². The van der Waals surface area contributed by atoms with Crippen LogP contribution in [-0.4, -0.2) is 23.3 Å². The quantitative estimate of drug-likeness (QED) is 0.397. The van der Waals surface area contributed by atoms with Crippen LogP contribution in [0.5, 0.6) is 0 Å². The van der Waals surface area contributed by atoms with Gasteiger partial charge in [-0.05, 0) is 24.6 Å². The Labute approximate surface area is 140 Å². The van der Waals surface area contributed by atoms with E-state index in [1.165, 1.54) is 44.9 Å². The molecule has 1 rings (SSSR count). The molecule has 0 fully saturated rings. The monoisotopic (exact) mass is 317 g/mol. The van der Waals surface area contributed by atoms with E-state index in [0.717, 1.165) is 18.4 Å². The molecule has 3 heteroatoms. The van der Waals surface area contributed by atoms with Gasteiger partial charge in [-0.1, -0.05) is 82.2 Å². The second kappa shape index (κ2) is 12.9. The molecule has 0 aromatic heterocycles. The van der Waals surface area contributed by atoms with Crippen molar-refractivity contribution in [1.82, 2.24) is 0 Å². The molecule has 1 N–H and O–H groups in total. The largest absolute Gasteiger partial charge is 0.480 e. The summed E-state index contributed by atoms with van der Waals surface area (Å²) in [5, 5.41) is 9.26. The first-order chi connectivity index (χ1) is 11.2. The minimum absolute atomic E-state index is 0.462. The molecular weight excluding hydrogens is 286 g/mol. The van der Waals surface area contributed by atoms with Crippen LogP contribution >= 0.6 is 0 Å². The van der Waals surface area contributed by atoms with E-state index in [9.17, 15) is 9.90 Å². The number of rotatable bonds is 13. The molecule has 1 atom stereocenters. The van der Waals surface area contributed by atoms with Crippen LogP contribution in [0.25, 0.3) is 0 Å². The van der Waals surface area contributed by atoms with Gasteiger partial charge in [-0.25, -0.2) is 4.79 Å². The predicted molar refractivity (Wildman–Crippen MR) is 97.3 cm³/mol. The van der Waals surface area contributed by atoms with Crippen LogP contribution < -0.4 is 0 Å². The van der Waals surface area contributed by atoms with Crippen molar-refractivity contribution in [2.75, 3.05) is 0 Å². The van der Waals surface area contributed by atoms with Gasteiger partial charge in [-0.2, -0.15) is 0 Å². The van der Waals surface area contributed by atoms with Crippen molar-refractivity contribution in [3.8, 4) is 0 Å². The van der Waals surface area contributed by atoms with E-state index in [-0.39, 0.29) is 0 Å². The third kappa shape index (κ3) is 9.88. The average molecular weight is 317 g/mol. The highest BCUT2D eigenvalue weighted by Gasteiger charge is 2.15. The fourth-order valence-corrected chi connectivity index (χ4v) is 2.61. The fourth-order valence-electron chi connectivity index (χ4n) is 2.61. The Bertz CT molecular complexity index is 442. The first-order valence-electron chi connectivity index (χ1n) is 9.02. The highest BCUT2D eigenvalue weighted by Crippen LogP contribution is 2.10. The second-order valence-electron chi connectivity index (χ2n) is 6.14. The maximum Gasteiger partial charge on any atom is 0.328 e. The molecular formula is C20H31NO2. The van der Waals surface area contributed by atoms with Gasteiger partial charge in [0.05, 0.1) is 0 Å². The van der Waals surface area contributed by atoms with E-state index in [4.69, 9.17) is 0 Å². The predicted octanol–water partition coefficient (Wildman–Crippen LogP) is 5.28. The Balaban J connectivity index is 2.16. The molecule has 0 aliphatic rings. The average Bonchev–Trinajstić information content (AvgIpc) is 2.56. The van der Waals surface area contributed by atoms with E-state index in [1.54, 1.807) is 6.21 Å². The SMILES string of the molecule is CCCCCCCCCCC=N[C@@H](Cc1ccccc1)C(=O)O. The summed E-state index contributed by atoms with van der Waals surface area (Å²) in [6.45, 7) is 2.24. The Kier molecular flexibility index (Phi) is 10.9. The zero-order valence-corrected chi connectivity index (χ0v) is 14.4. The summed E-state index contributed by atoms with van der Waals surface area (Å²) in [6.07, 6.45) is 13.4. The lowest BCUT2D eigenvalue weighted by molar-refractivity contribution is -0.138. The van der Waals surface area contributed by atoms with E-state index in [0.29, 0.717) is 6.42 Å². The van der Waals surface area contributed by atoms with Gasteiger partial charge in [-0.15, -0.1) is 0 Å². The molecule has 0 aliphatic carbocycles. The molecule has 0 saturated heterocycles. The summed E-state index contributed by atoms with van der Waals surface area (Å²) in [7, 11) is 0. The van der Waals surface area contributed by atoms with Crippen molar-refractivity contribution in [3.63, 3.8) is 0 Å². The Hall–Kier alpha value is -1.64. The Morgan fingerprint density at radius 3 is 2.26 bits per heavy atom. The molecule has 0 bridgehead atoms. The molecule has 0 heterocycles. The lowest BCUT2D eigenvalue weighted by Crippen LogP contribution is -2.20.